The Morgan fingerprint density at radius 3 is 2.46 bits per heavy atom. The van der Waals surface area contributed by atoms with Crippen molar-refractivity contribution in [1.82, 2.24) is 4.90 Å². The Hall–Kier alpha value is -2.42. The zero-order valence-corrected chi connectivity index (χ0v) is 15.6. The van der Waals surface area contributed by atoms with Crippen molar-refractivity contribution in [3.05, 3.63) is 74.1 Å². The summed E-state index contributed by atoms with van der Waals surface area (Å²) < 4.78 is 0.449. The predicted octanol–water partition coefficient (Wildman–Crippen LogP) is 4.52. The van der Waals surface area contributed by atoms with Crippen LogP contribution in [0.25, 0.3) is 6.08 Å². The average Bonchev–Trinajstić information content (AvgIpc) is 2.89. The highest BCUT2D eigenvalue weighted by atomic mass is 35.5. The Bertz CT molecular complexity index is 898. The first-order chi connectivity index (χ1) is 12.4. The van der Waals surface area contributed by atoms with E-state index in [0.717, 1.165) is 5.56 Å². The third kappa shape index (κ3) is 4.21. The van der Waals surface area contributed by atoms with Crippen molar-refractivity contribution in [3.63, 3.8) is 0 Å². The number of nitro groups is 1. The van der Waals surface area contributed by atoms with Crippen LogP contribution in [-0.2, 0) is 4.79 Å². The lowest BCUT2D eigenvalue weighted by Gasteiger charge is -2.16. The Morgan fingerprint density at radius 2 is 1.85 bits per heavy atom. The fourth-order valence-electron chi connectivity index (χ4n) is 2.22. The number of hydrogen-bond acceptors (Lipinski definition) is 6. The number of rotatable bonds is 5. The predicted molar refractivity (Wildman–Crippen MR) is 108 cm³/mol. The summed E-state index contributed by atoms with van der Waals surface area (Å²) in [6.45, 7) is 0.181. The van der Waals surface area contributed by atoms with Gasteiger partial charge >= 0.3 is 0 Å². The lowest BCUT2D eigenvalue weighted by atomic mass is 10.2. The van der Waals surface area contributed by atoms with Gasteiger partial charge in [-0.15, -0.1) is 0 Å². The van der Waals surface area contributed by atoms with Crippen LogP contribution in [0.5, 0.6) is 0 Å². The van der Waals surface area contributed by atoms with Crippen LogP contribution in [0.2, 0.25) is 5.02 Å². The molecule has 132 valence electrons. The molecule has 0 radical (unpaired) electrons. The fraction of sp³-hybridized carbons (Fsp3) is 0.0588. The van der Waals surface area contributed by atoms with Gasteiger partial charge in [0.25, 0.3) is 11.6 Å². The summed E-state index contributed by atoms with van der Waals surface area (Å²) in [5.74, 6) is -0.190. The van der Waals surface area contributed by atoms with Crippen LogP contribution in [-0.4, -0.2) is 26.7 Å². The number of hydrogen-bond donors (Lipinski definition) is 1. The minimum atomic E-state index is -0.465. The minimum absolute atomic E-state index is 0.00654. The topological polar surface area (TPSA) is 75.5 Å². The van der Waals surface area contributed by atoms with Crippen LogP contribution in [0.1, 0.15) is 5.56 Å². The maximum atomic E-state index is 12.5. The number of amides is 1. The molecule has 1 heterocycles. The van der Waals surface area contributed by atoms with E-state index in [-0.39, 0.29) is 18.3 Å². The Morgan fingerprint density at radius 1 is 1.19 bits per heavy atom. The molecule has 1 fully saturated rings. The molecule has 2 aromatic rings. The number of anilines is 1. The van der Waals surface area contributed by atoms with Gasteiger partial charge in [-0.1, -0.05) is 47.7 Å². The van der Waals surface area contributed by atoms with E-state index in [1.807, 2.05) is 12.1 Å². The number of carbonyl (C=O) groups excluding carboxylic acids is 1. The van der Waals surface area contributed by atoms with E-state index < -0.39 is 4.92 Å². The van der Waals surface area contributed by atoms with Gasteiger partial charge < -0.3 is 5.32 Å². The molecule has 0 spiro atoms. The maximum Gasteiger partial charge on any atom is 0.269 e. The molecule has 0 atom stereocenters. The van der Waals surface area contributed by atoms with Gasteiger partial charge in [-0.2, -0.15) is 0 Å². The first kappa shape index (κ1) is 18.4. The third-order valence-electron chi connectivity index (χ3n) is 3.56. The first-order valence-electron chi connectivity index (χ1n) is 7.43. The molecule has 3 rings (SSSR count). The number of non-ortho nitro benzene ring substituents is 1. The number of nitrogens with zero attached hydrogens (tertiary/aromatic N) is 2. The SMILES string of the molecule is O=C1/C(=C\c2ccc(Cl)cc2)SC(=S)N1CNc1ccc([N+](=O)[O-])cc1. The molecule has 1 aliphatic heterocycles. The number of nitrogens with one attached hydrogen (secondary N) is 1. The van der Waals surface area contributed by atoms with E-state index in [4.69, 9.17) is 23.8 Å². The molecule has 0 bridgehead atoms. The normalized spacial score (nSPS) is 15.6. The van der Waals surface area contributed by atoms with Gasteiger partial charge in [-0.05, 0) is 35.9 Å². The third-order valence-corrected chi connectivity index (χ3v) is 5.19. The smallest absolute Gasteiger partial charge is 0.269 e. The van der Waals surface area contributed by atoms with Crippen molar-refractivity contribution in [2.75, 3.05) is 12.0 Å². The van der Waals surface area contributed by atoms with Crippen molar-refractivity contribution in [2.45, 2.75) is 0 Å². The maximum absolute atomic E-state index is 12.5. The van der Waals surface area contributed by atoms with Crippen LogP contribution >= 0.6 is 35.6 Å². The van der Waals surface area contributed by atoms with Crippen LogP contribution in [0.4, 0.5) is 11.4 Å². The molecule has 0 aliphatic carbocycles. The molecule has 1 amide bonds. The molecule has 6 nitrogen and oxygen atoms in total. The molecule has 1 aliphatic rings. The van der Waals surface area contributed by atoms with E-state index in [1.54, 1.807) is 30.3 Å². The van der Waals surface area contributed by atoms with Crippen molar-refractivity contribution >= 4 is 63.3 Å². The average molecular weight is 406 g/mol. The molecular formula is C17H12ClN3O3S2. The fourth-order valence-corrected chi connectivity index (χ4v) is 3.60. The highest BCUT2D eigenvalue weighted by molar-refractivity contribution is 8.26. The number of thiocarbonyl (C=S) groups is 1. The van der Waals surface area contributed by atoms with Crippen molar-refractivity contribution in [2.24, 2.45) is 0 Å². The molecule has 2 aromatic carbocycles. The number of thioether (sulfide) groups is 1. The summed E-state index contributed by atoms with van der Waals surface area (Å²) in [6.07, 6.45) is 1.77. The van der Waals surface area contributed by atoms with Crippen LogP contribution in [0, 0.1) is 10.1 Å². The van der Waals surface area contributed by atoms with Crippen molar-refractivity contribution in [3.8, 4) is 0 Å². The summed E-state index contributed by atoms with van der Waals surface area (Å²) in [7, 11) is 0. The first-order valence-corrected chi connectivity index (χ1v) is 9.03. The Balaban J connectivity index is 1.67. The van der Waals surface area contributed by atoms with Crippen LogP contribution in [0.3, 0.4) is 0 Å². The van der Waals surface area contributed by atoms with Gasteiger partial charge in [-0.3, -0.25) is 19.8 Å². The van der Waals surface area contributed by atoms with Gasteiger partial charge in [0, 0.05) is 22.8 Å². The van der Waals surface area contributed by atoms with Crippen molar-refractivity contribution in [1.29, 1.82) is 0 Å². The van der Waals surface area contributed by atoms with E-state index in [1.165, 1.54) is 28.8 Å². The molecule has 0 unspecified atom stereocenters. The van der Waals surface area contributed by atoms with E-state index >= 15 is 0 Å². The second-order valence-electron chi connectivity index (χ2n) is 5.30. The second kappa shape index (κ2) is 7.86. The molecule has 1 N–H and O–H groups in total. The summed E-state index contributed by atoms with van der Waals surface area (Å²) >= 11 is 12.4. The molecule has 0 saturated carbocycles. The Kier molecular flexibility index (Phi) is 5.55. The highest BCUT2D eigenvalue weighted by Crippen LogP contribution is 2.32. The highest BCUT2D eigenvalue weighted by Gasteiger charge is 2.31. The zero-order chi connectivity index (χ0) is 18.7. The largest absolute Gasteiger partial charge is 0.367 e. The Labute approximate surface area is 164 Å². The molecule has 26 heavy (non-hydrogen) atoms. The van der Waals surface area contributed by atoms with Gasteiger partial charge in [0.15, 0.2) is 0 Å². The summed E-state index contributed by atoms with van der Waals surface area (Å²) in [5.41, 5.74) is 1.52. The molecular weight excluding hydrogens is 394 g/mol. The van der Waals surface area contributed by atoms with Gasteiger partial charge in [0.05, 0.1) is 16.5 Å². The molecule has 0 aromatic heterocycles. The summed E-state index contributed by atoms with van der Waals surface area (Å²) in [5, 5.41) is 14.3. The summed E-state index contributed by atoms with van der Waals surface area (Å²) in [6, 6.07) is 13.1. The van der Waals surface area contributed by atoms with Crippen LogP contribution in [0.15, 0.2) is 53.4 Å². The zero-order valence-electron chi connectivity index (χ0n) is 13.2. The van der Waals surface area contributed by atoms with E-state index in [2.05, 4.69) is 5.32 Å². The minimum Gasteiger partial charge on any atom is -0.367 e. The summed E-state index contributed by atoms with van der Waals surface area (Å²) in [4.78, 5) is 24.7. The molecule has 1 saturated heterocycles. The lowest BCUT2D eigenvalue weighted by molar-refractivity contribution is -0.384. The monoisotopic (exact) mass is 405 g/mol. The quantitative estimate of drug-likeness (QED) is 0.341. The number of halogens is 1. The second-order valence-corrected chi connectivity index (χ2v) is 7.41. The van der Waals surface area contributed by atoms with Gasteiger partial charge in [-0.25, -0.2) is 0 Å². The lowest BCUT2D eigenvalue weighted by Crippen LogP contribution is -2.33. The standard InChI is InChI=1S/C17H12ClN3O3S2/c18-12-3-1-11(2-4-12)9-15-16(22)20(17(25)26-15)10-19-13-5-7-14(8-6-13)21(23)24/h1-9,19H,10H2/b15-9+. The number of benzene rings is 2. The molecule has 9 heteroatoms. The van der Waals surface area contributed by atoms with Gasteiger partial charge in [0.1, 0.15) is 4.32 Å². The van der Waals surface area contributed by atoms with E-state index in [0.29, 0.717) is 19.9 Å². The number of carbonyl (C=O) groups is 1. The van der Waals surface area contributed by atoms with Gasteiger partial charge in [0.2, 0.25) is 0 Å². The van der Waals surface area contributed by atoms with E-state index in [9.17, 15) is 14.9 Å². The van der Waals surface area contributed by atoms with Crippen molar-refractivity contribution < 1.29 is 9.72 Å². The van der Waals surface area contributed by atoms with Crippen LogP contribution < -0.4 is 5.32 Å². The number of nitro benzene ring substituents is 1.